The molecule has 0 spiro atoms. The second kappa shape index (κ2) is 4.37. The van der Waals surface area contributed by atoms with E-state index < -0.39 is 11.2 Å². The summed E-state index contributed by atoms with van der Waals surface area (Å²) in [5.41, 5.74) is -0.952. The lowest BCUT2D eigenvalue weighted by Crippen LogP contribution is -2.35. The highest BCUT2D eigenvalue weighted by Gasteiger charge is 2.26. The van der Waals surface area contributed by atoms with Crippen LogP contribution in [0.5, 0.6) is 5.88 Å². The number of H-pyrrole nitrogens is 1. The number of aromatic amines is 1. The van der Waals surface area contributed by atoms with Crippen LogP contribution in [0.25, 0.3) is 0 Å². The van der Waals surface area contributed by atoms with Gasteiger partial charge in [-0.15, -0.1) is 0 Å². The van der Waals surface area contributed by atoms with Crippen LogP contribution in [0.4, 0.5) is 0 Å². The van der Waals surface area contributed by atoms with Gasteiger partial charge in [0.2, 0.25) is 5.88 Å². The average molecular weight is 240 g/mol. The maximum atomic E-state index is 11.7. The molecular weight excluding hydrogens is 224 g/mol. The van der Waals surface area contributed by atoms with E-state index in [1.165, 1.54) is 11.5 Å². The van der Waals surface area contributed by atoms with E-state index in [-0.39, 0.29) is 23.4 Å². The standard InChI is InChI=1S/C11H16N2O4/c1-6-9(14)12-11(16)13(10(6)15)7(2)8-3-4-17-5-8/h7-8,15H,3-5H2,1-2H3,(H,12,14,16). The van der Waals surface area contributed by atoms with Crippen LogP contribution in [0.2, 0.25) is 0 Å². The molecule has 2 rings (SSSR count). The van der Waals surface area contributed by atoms with E-state index in [2.05, 4.69) is 4.98 Å². The Labute approximate surface area is 97.9 Å². The maximum Gasteiger partial charge on any atom is 0.331 e. The molecule has 0 aromatic carbocycles. The zero-order chi connectivity index (χ0) is 12.6. The zero-order valence-electron chi connectivity index (χ0n) is 9.90. The van der Waals surface area contributed by atoms with Gasteiger partial charge in [0.1, 0.15) is 0 Å². The Kier molecular flexibility index (Phi) is 3.06. The van der Waals surface area contributed by atoms with Crippen molar-refractivity contribution >= 4 is 0 Å². The van der Waals surface area contributed by atoms with Gasteiger partial charge in [-0.25, -0.2) is 4.79 Å². The van der Waals surface area contributed by atoms with Crippen molar-refractivity contribution in [1.29, 1.82) is 0 Å². The van der Waals surface area contributed by atoms with Gasteiger partial charge in [-0.1, -0.05) is 0 Å². The molecule has 17 heavy (non-hydrogen) atoms. The molecule has 6 nitrogen and oxygen atoms in total. The number of nitrogens with zero attached hydrogens (tertiary/aromatic N) is 1. The summed E-state index contributed by atoms with van der Waals surface area (Å²) in [7, 11) is 0. The van der Waals surface area contributed by atoms with Crippen molar-refractivity contribution in [2.75, 3.05) is 13.2 Å². The smallest absolute Gasteiger partial charge is 0.331 e. The van der Waals surface area contributed by atoms with Gasteiger partial charge >= 0.3 is 5.69 Å². The highest BCUT2D eigenvalue weighted by Crippen LogP contribution is 2.27. The van der Waals surface area contributed by atoms with Gasteiger partial charge in [0.15, 0.2) is 0 Å². The minimum Gasteiger partial charge on any atom is -0.494 e. The van der Waals surface area contributed by atoms with E-state index >= 15 is 0 Å². The molecule has 6 heteroatoms. The van der Waals surface area contributed by atoms with Crippen LogP contribution < -0.4 is 11.2 Å². The molecule has 1 aromatic heterocycles. The fraction of sp³-hybridized carbons (Fsp3) is 0.636. The molecule has 0 radical (unpaired) electrons. The number of aromatic nitrogens is 2. The third kappa shape index (κ3) is 2.00. The van der Waals surface area contributed by atoms with Gasteiger partial charge < -0.3 is 9.84 Å². The first-order valence-electron chi connectivity index (χ1n) is 5.64. The van der Waals surface area contributed by atoms with Gasteiger partial charge in [-0.05, 0) is 20.3 Å². The summed E-state index contributed by atoms with van der Waals surface area (Å²) < 4.78 is 6.50. The predicted molar refractivity (Wildman–Crippen MR) is 61.4 cm³/mol. The summed E-state index contributed by atoms with van der Waals surface area (Å²) in [5, 5.41) is 9.89. The molecular formula is C11H16N2O4. The van der Waals surface area contributed by atoms with Crippen LogP contribution in [0, 0.1) is 12.8 Å². The first-order valence-corrected chi connectivity index (χ1v) is 5.64. The first kappa shape index (κ1) is 11.9. The van der Waals surface area contributed by atoms with Gasteiger partial charge in [0.25, 0.3) is 5.56 Å². The van der Waals surface area contributed by atoms with Gasteiger partial charge in [0.05, 0.1) is 12.2 Å². The summed E-state index contributed by atoms with van der Waals surface area (Å²) in [6.45, 7) is 4.58. The second-order valence-corrected chi connectivity index (χ2v) is 4.44. The molecule has 0 amide bonds. The molecule has 2 N–H and O–H groups in total. The van der Waals surface area contributed by atoms with Crippen molar-refractivity contribution < 1.29 is 9.84 Å². The molecule has 1 aliphatic heterocycles. The molecule has 0 aliphatic carbocycles. The zero-order valence-corrected chi connectivity index (χ0v) is 9.90. The Balaban J connectivity index is 2.48. The third-order valence-electron chi connectivity index (χ3n) is 3.40. The highest BCUT2D eigenvalue weighted by molar-refractivity contribution is 5.21. The number of hydrogen-bond donors (Lipinski definition) is 2. The van der Waals surface area contributed by atoms with Crippen molar-refractivity contribution in [2.45, 2.75) is 26.3 Å². The van der Waals surface area contributed by atoms with E-state index in [9.17, 15) is 14.7 Å². The van der Waals surface area contributed by atoms with Crippen LogP contribution in [-0.4, -0.2) is 27.9 Å². The largest absolute Gasteiger partial charge is 0.494 e. The average Bonchev–Trinajstić information content (AvgIpc) is 2.79. The van der Waals surface area contributed by atoms with Gasteiger partial charge in [-0.2, -0.15) is 0 Å². The molecule has 1 aromatic rings. The normalized spacial score (nSPS) is 21.6. The Morgan fingerprint density at radius 3 is 2.82 bits per heavy atom. The minimum atomic E-state index is -0.572. The van der Waals surface area contributed by atoms with E-state index in [1.807, 2.05) is 6.92 Å². The highest BCUT2D eigenvalue weighted by atomic mass is 16.5. The lowest BCUT2D eigenvalue weighted by atomic mass is 10.0. The lowest BCUT2D eigenvalue weighted by molar-refractivity contribution is 0.172. The molecule has 0 saturated carbocycles. The fourth-order valence-electron chi connectivity index (χ4n) is 2.15. The monoisotopic (exact) mass is 240 g/mol. The number of ether oxygens (including phenoxy) is 1. The summed E-state index contributed by atoms with van der Waals surface area (Å²) in [5.74, 6) is -0.0675. The topological polar surface area (TPSA) is 84.3 Å². The Morgan fingerprint density at radius 1 is 1.53 bits per heavy atom. The van der Waals surface area contributed by atoms with Crippen LogP contribution in [0.3, 0.4) is 0 Å². The van der Waals surface area contributed by atoms with Crippen LogP contribution in [0.15, 0.2) is 9.59 Å². The summed E-state index contributed by atoms with van der Waals surface area (Å²) >= 11 is 0. The SMILES string of the molecule is Cc1c(O)n(C(C)C2CCOC2)c(=O)[nH]c1=O. The number of aromatic hydroxyl groups is 1. The molecule has 1 fully saturated rings. The third-order valence-corrected chi connectivity index (χ3v) is 3.40. The molecule has 2 unspecified atom stereocenters. The Morgan fingerprint density at radius 2 is 2.24 bits per heavy atom. The second-order valence-electron chi connectivity index (χ2n) is 4.44. The van der Waals surface area contributed by atoms with Gasteiger partial charge in [-0.3, -0.25) is 14.3 Å². The molecule has 1 saturated heterocycles. The van der Waals surface area contributed by atoms with Crippen molar-refractivity contribution in [3.63, 3.8) is 0 Å². The predicted octanol–water partition coefficient (Wildman–Crippen LogP) is 0.148. The molecule has 94 valence electrons. The van der Waals surface area contributed by atoms with Crippen molar-refractivity contribution in [2.24, 2.45) is 5.92 Å². The summed E-state index contributed by atoms with van der Waals surface area (Å²) in [4.78, 5) is 25.2. The van der Waals surface area contributed by atoms with Crippen molar-refractivity contribution in [3.8, 4) is 5.88 Å². The maximum absolute atomic E-state index is 11.7. The Hall–Kier alpha value is -1.56. The fourth-order valence-corrected chi connectivity index (χ4v) is 2.15. The van der Waals surface area contributed by atoms with E-state index in [0.29, 0.717) is 13.2 Å². The van der Waals surface area contributed by atoms with Crippen LogP contribution >= 0.6 is 0 Å². The van der Waals surface area contributed by atoms with Gasteiger partial charge in [0, 0.05) is 18.6 Å². The van der Waals surface area contributed by atoms with Crippen molar-refractivity contribution in [3.05, 3.63) is 26.4 Å². The molecule has 2 heterocycles. The molecule has 1 aliphatic rings. The van der Waals surface area contributed by atoms with Crippen LogP contribution in [0.1, 0.15) is 24.9 Å². The number of nitrogens with one attached hydrogen (secondary N) is 1. The van der Waals surface area contributed by atoms with Crippen LogP contribution in [-0.2, 0) is 4.74 Å². The van der Waals surface area contributed by atoms with E-state index in [0.717, 1.165) is 6.42 Å². The minimum absolute atomic E-state index is 0.162. The van der Waals surface area contributed by atoms with E-state index in [1.54, 1.807) is 0 Å². The number of hydrogen-bond acceptors (Lipinski definition) is 4. The van der Waals surface area contributed by atoms with E-state index in [4.69, 9.17) is 4.74 Å². The summed E-state index contributed by atoms with van der Waals surface area (Å²) in [6.07, 6.45) is 0.852. The lowest BCUT2D eigenvalue weighted by Gasteiger charge is -2.21. The summed E-state index contributed by atoms with van der Waals surface area (Å²) in [6, 6.07) is -0.194. The first-order chi connectivity index (χ1) is 8.02. The number of rotatable bonds is 2. The quantitative estimate of drug-likeness (QED) is 0.770. The molecule has 2 atom stereocenters. The molecule has 0 bridgehead atoms. The van der Waals surface area contributed by atoms with Crippen molar-refractivity contribution in [1.82, 2.24) is 9.55 Å². The Bertz CT molecular complexity index is 525.